The van der Waals surface area contributed by atoms with Crippen molar-refractivity contribution in [3.05, 3.63) is 0 Å². The van der Waals surface area contributed by atoms with Gasteiger partial charge in [0.2, 0.25) is 0 Å². The molecule has 2 rings (SSSR count). The van der Waals surface area contributed by atoms with E-state index in [9.17, 15) is 0 Å². The van der Waals surface area contributed by atoms with Gasteiger partial charge < -0.3 is 15.0 Å². The number of aliphatic imine (C=N–C) groups is 1. The summed E-state index contributed by atoms with van der Waals surface area (Å²) in [6.07, 6.45) is 4.05. The molecular weight excluding hydrogens is 250 g/mol. The molecule has 2 atom stereocenters. The molecule has 20 heavy (non-hydrogen) atoms. The second-order valence-electron chi connectivity index (χ2n) is 6.60. The van der Waals surface area contributed by atoms with E-state index in [4.69, 9.17) is 9.73 Å². The van der Waals surface area contributed by atoms with Gasteiger partial charge in [-0.2, -0.15) is 0 Å². The fourth-order valence-electron chi connectivity index (χ4n) is 3.01. The van der Waals surface area contributed by atoms with Crippen LogP contribution in [0.3, 0.4) is 0 Å². The molecule has 0 aromatic heterocycles. The SMILES string of the molecule is CCNC(=NCCOCC1CC1)N1CC(C)CC(C)C1. The van der Waals surface area contributed by atoms with Crippen molar-refractivity contribution in [2.45, 2.75) is 40.0 Å². The average Bonchev–Trinajstić information content (AvgIpc) is 3.20. The molecule has 1 saturated carbocycles. The Kier molecular flexibility index (Phi) is 6.14. The minimum absolute atomic E-state index is 0.754. The van der Waals surface area contributed by atoms with E-state index >= 15 is 0 Å². The zero-order valence-electron chi connectivity index (χ0n) is 13.4. The van der Waals surface area contributed by atoms with Gasteiger partial charge in [-0.15, -0.1) is 0 Å². The van der Waals surface area contributed by atoms with Gasteiger partial charge in [-0.25, -0.2) is 0 Å². The third-order valence-corrected chi connectivity index (χ3v) is 4.05. The number of nitrogens with one attached hydrogen (secondary N) is 1. The Bertz CT molecular complexity index is 305. The number of likely N-dealkylation sites (tertiary alicyclic amines) is 1. The second kappa shape index (κ2) is 7.87. The molecule has 0 aromatic carbocycles. The molecule has 1 N–H and O–H groups in total. The van der Waals surface area contributed by atoms with Gasteiger partial charge in [0.1, 0.15) is 0 Å². The van der Waals surface area contributed by atoms with E-state index in [1.54, 1.807) is 0 Å². The van der Waals surface area contributed by atoms with E-state index in [-0.39, 0.29) is 0 Å². The Morgan fingerprint density at radius 2 is 1.95 bits per heavy atom. The number of rotatable bonds is 6. The molecule has 116 valence electrons. The van der Waals surface area contributed by atoms with E-state index in [0.717, 1.165) is 63.1 Å². The standard InChI is InChI=1S/C16H31N3O/c1-4-17-16(18-7-8-20-12-15-5-6-15)19-10-13(2)9-14(3)11-19/h13-15H,4-12H2,1-3H3,(H,17,18). The number of guanidine groups is 1. The summed E-state index contributed by atoms with van der Waals surface area (Å²) < 4.78 is 5.66. The van der Waals surface area contributed by atoms with Gasteiger partial charge in [-0.1, -0.05) is 13.8 Å². The number of piperidine rings is 1. The smallest absolute Gasteiger partial charge is 0.194 e. The molecule has 0 bridgehead atoms. The Morgan fingerprint density at radius 3 is 2.55 bits per heavy atom. The lowest BCUT2D eigenvalue weighted by atomic mass is 9.92. The maximum absolute atomic E-state index is 5.66. The number of ether oxygens (including phenoxy) is 1. The van der Waals surface area contributed by atoms with E-state index in [1.807, 2.05) is 0 Å². The van der Waals surface area contributed by atoms with Crippen LogP contribution >= 0.6 is 0 Å². The molecular formula is C16H31N3O. The van der Waals surface area contributed by atoms with Gasteiger partial charge in [-0.05, 0) is 43.9 Å². The van der Waals surface area contributed by atoms with Gasteiger partial charge in [0.05, 0.1) is 13.2 Å². The van der Waals surface area contributed by atoms with E-state index in [2.05, 4.69) is 31.0 Å². The third-order valence-electron chi connectivity index (χ3n) is 4.05. The molecule has 4 nitrogen and oxygen atoms in total. The quantitative estimate of drug-likeness (QED) is 0.461. The van der Waals surface area contributed by atoms with Crippen molar-refractivity contribution in [1.82, 2.24) is 10.2 Å². The van der Waals surface area contributed by atoms with E-state index in [0.29, 0.717) is 0 Å². The third kappa shape index (κ3) is 5.31. The molecule has 0 radical (unpaired) electrons. The summed E-state index contributed by atoms with van der Waals surface area (Å²) in [7, 11) is 0. The normalized spacial score (nSPS) is 27.8. The van der Waals surface area contributed by atoms with Crippen molar-refractivity contribution < 1.29 is 4.74 Å². The van der Waals surface area contributed by atoms with Crippen molar-refractivity contribution in [1.29, 1.82) is 0 Å². The first-order valence-electron chi connectivity index (χ1n) is 8.30. The predicted octanol–water partition coefficient (Wildman–Crippen LogP) is 2.36. The zero-order chi connectivity index (χ0) is 14.4. The first kappa shape index (κ1) is 15.6. The van der Waals surface area contributed by atoms with Gasteiger partial charge in [0.15, 0.2) is 5.96 Å². The lowest BCUT2D eigenvalue weighted by Gasteiger charge is -2.37. The maximum Gasteiger partial charge on any atom is 0.194 e. The van der Waals surface area contributed by atoms with Crippen LogP contribution in [0.2, 0.25) is 0 Å². The maximum atomic E-state index is 5.66. The van der Waals surface area contributed by atoms with Crippen LogP contribution in [0.5, 0.6) is 0 Å². The lowest BCUT2D eigenvalue weighted by Crippen LogP contribution is -2.48. The first-order valence-corrected chi connectivity index (χ1v) is 8.30. The van der Waals surface area contributed by atoms with E-state index in [1.165, 1.54) is 19.3 Å². The number of hydrogen-bond acceptors (Lipinski definition) is 2. The highest BCUT2D eigenvalue weighted by Gasteiger charge is 2.24. The minimum atomic E-state index is 0.754. The summed E-state index contributed by atoms with van der Waals surface area (Å²) >= 11 is 0. The summed E-state index contributed by atoms with van der Waals surface area (Å²) in [6.45, 7) is 12.5. The Hall–Kier alpha value is -0.770. The van der Waals surface area contributed by atoms with Crippen LogP contribution in [0.25, 0.3) is 0 Å². The summed E-state index contributed by atoms with van der Waals surface area (Å²) in [4.78, 5) is 7.15. The predicted molar refractivity (Wildman–Crippen MR) is 84.0 cm³/mol. The Morgan fingerprint density at radius 1 is 1.25 bits per heavy atom. The van der Waals surface area contributed by atoms with Crippen LogP contribution in [0.15, 0.2) is 4.99 Å². The molecule has 1 aliphatic carbocycles. The first-order chi connectivity index (χ1) is 9.69. The van der Waals surface area contributed by atoms with Crippen LogP contribution in [0.4, 0.5) is 0 Å². The fourth-order valence-corrected chi connectivity index (χ4v) is 3.01. The topological polar surface area (TPSA) is 36.9 Å². The van der Waals surface area contributed by atoms with Crippen molar-refractivity contribution in [2.24, 2.45) is 22.7 Å². The molecule has 0 amide bonds. The van der Waals surface area contributed by atoms with Crippen LogP contribution in [0.1, 0.15) is 40.0 Å². The Balaban J connectivity index is 1.77. The zero-order valence-corrected chi connectivity index (χ0v) is 13.4. The highest BCUT2D eigenvalue weighted by Crippen LogP contribution is 2.28. The largest absolute Gasteiger partial charge is 0.379 e. The van der Waals surface area contributed by atoms with Crippen LogP contribution in [-0.4, -0.2) is 50.3 Å². The molecule has 2 unspecified atom stereocenters. The fraction of sp³-hybridized carbons (Fsp3) is 0.938. The van der Waals surface area contributed by atoms with Gasteiger partial charge in [0.25, 0.3) is 0 Å². The van der Waals surface area contributed by atoms with E-state index < -0.39 is 0 Å². The summed E-state index contributed by atoms with van der Waals surface area (Å²) in [5.41, 5.74) is 0. The van der Waals surface area contributed by atoms with Crippen molar-refractivity contribution >= 4 is 5.96 Å². The van der Waals surface area contributed by atoms with Crippen LogP contribution < -0.4 is 5.32 Å². The molecule has 2 fully saturated rings. The Labute approximate surface area is 124 Å². The van der Waals surface area contributed by atoms with Crippen LogP contribution in [0, 0.1) is 17.8 Å². The van der Waals surface area contributed by atoms with Crippen molar-refractivity contribution in [3.63, 3.8) is 0 Å². The van der Waals surface area contributed by atoms with Gasteiger partial charge in [-0.3, -0.25) is 4.99 Å². The van der Waals surface area contributed by atoms with Gasteiger partial charge in [0, 0.05) is 26.2 Å². The van der Waals surface area contributed by atoms with Crippen molar-refractivity contribution in [3.8, 4) is 0 Å². The molecule has 1 saturated heterocycles. The average molecular weight is 281 g/mol. The van der Waals surface area contributed by atoms with Crippen LogP contribution in [-0.2, 0) is 4.74 Å². The monoisotopic (exact) mass is 281 g/mol. The number of nitrogens with zero attached hydrogens (tertiary/aromatic N) is 2. The molecule has 0 aromatic rings. The second-order valence-corrected chi connectivity index (χ2v) is 6.60. The molecule has 2 aliphatic rings. The highest BCUT2D eigenvalue weighted by atomic mass is 16.5. The lowest BCUT2D eigenvalue weighted by molar-refractivity contribution is 0.131. The summed E-state index contributed by atoms with van der Waals surface area (Å²) in [6, 6.07) is 0. The molecule has 4 heteroatoms. The molecule has 0 spiro atoms. The van der Waals surface area contributed by atoms with Gasteiger partial charge >= 0.3 is 0 Å². The summed E-state index contributed by atoms with van der Waals surface area (Å²) in [5, 5.41) is 3.43. The number of hydrogen-bond donors (Lipinski definition) is 1. The minimum Gasteiger partial charge on any atom is -0.379 e. The summed E-state index contributed by atoms with van der Waals surface area (Å²) in [5.74, 6) is 3.43. The molecule has 1 aliphatic heterocycles. The highest BCUT2D eigenvalue weighted by molar-refractivity contribution is 5.80. The molecule has 1 heterocycles. The van der Waals surface area contributed by atoms with Crippen molar-refractivity contribution in [2.75, 3.05) is 39.4 Å².